The molecule has 0 radical (unpaired) electrons. The van der Waals surface area contributed by atoms with Crippen LogP contribution in [-0.4, -0.2) is 24.6 Å². The highest BCUT2D eigenvalue weighted by atomic mass is 28.3. The van der Waals surface area contributed by atoms with E-state index >= 15 is 0 Å². The van der Waals surface area contributed by atoms with Crippen molar-refractivity contribution in [2.45, 2.75) is 51.9 Å². The second-order valence-electron chi connectivity index (χ2n) is 7.06. The Hall–Kier alpha value is -1.16. The van der Waals surface area contributed by atoms with Gasteiger partial charge in [-0.15, -0.1) is 0 Å². The van der Waals surface area contributed by atoms with Crippen LogP contribution in [-0.2, 0) is 10.2 Å². The summed E-state index contributed by atoms with van der Waals surface area (Å²) < 4.78 is 5.50. The summed E-state index contributed by atoms with van der Waals surface area (Å²) in [5.41, 5.74) is 1.88. The number of rotatable bonds is 5. The normalized spacial score (nSPS) is 12.9. The fraction of sp³-hybridized carbons (Fsp3) is 0.600. The number of hydrogen-bond donors (Lipinski definition) is 0. The van der Waals surface area contributed by atoms with Gasteiger partial charge in [0.25, 0.3) is 0 Å². The van der Waals surface area contributed by atoms with E-state index in [2.05, 4.69) is 50.4 Å². The minimum absolute atomic E-state index is 0.0447. The van der Waals surface area contributed by atoms with Crippen LogP contribution in [0.15, 0.2) is 18.7 Å². The second kappa shape index (κ2) is 6.33. The molecule has 0 amide bonds. The van der Waals surface area contributed by atoms with Crippen molar-refractivity contribution < 1.29 is 4.74 Å². The Balaban J connectivity index is 2.45. The molecular formula is C15H26N2OSi. The van der Waals surface area contributed by atoms with Crippen molar-refractivity contribution in [2.75, 3.05) is 6.61 Å². The molecule has 0 spiro atoms. The molecule has 4 heteroatoms. The first-order valence-corrected chi connectivity index (χ1v) is 10.5. The minimum atomic E-state index is -1.00. The van der Waals surface area contributed by atoms with Gasteiger partial charge in [-0.1, -0.05) is 40.4 Å². The molecule has 1 heterocycles. The van der Waals surface area contributed by atoms with E-state index in [1.165, 1.54) is 6.04 Å². The molecule has 1 aromatic heterocycles. The van der Waals surface area contributed by atoms with Crippen molar-refractivity contribution in [3.63, 3.8) is 0 Å². The summed E-state index contributed by atoms with van der Waals surface area (Å²) in [5.74, 6) is 0. The van der Waals surface area contributed by atoms with Crippen LogP contribution in [0.5, 0.6) is 0 Å². The summed E-state index contributed by atoms with van der Waals surface area (Å²) in [6, 6.07) is 1.17. The summed E-state index contributed by atoms with van der Waals surface area (Å²) in [4.78, 5) is 8.80. The van der Waals surface area contributed by atoms with E-state index < -0.39 is 8.07 Å². The summed E-state index contributed by atoms with van der Waals surface area (Å²) in [7, 11) is -1.00. The molecule has 19 heavy (non-hydrogen) atoms. The maximum atomic E-state index is 5.50. The first-order chi connectivity index (χ1) is 8.68. The van der Waals surface area contributed by atoms with E-state index in [0.29, 0.717) is 0 Å². The lowest BCUT2D eigenvalue weighted by molar-refractivity contribution is 0.270. The lowest BCUT2D eigenvalue weighted by Gasteiger charge is -2.16. The van der Waals surface area contributed by atoms with E-state index in [4.69, 9.17) is 4.74 Å². The standard InChI is InChI=1S/C15H26N2OSi/c1-15(2,3)14-12-16-13(11-17-14)7-8-18-9-10-19(4,5)6/h7-8,11-12H,9-10H2,1-6H3/b8-7+. The molecule has 1 aromatic rings. The molecule has 0 N–H and O–H groups in total. The Bertz CT molecular complexity index is 413. The Morgan fingerprint density at radius 2 is 1.84 bits per heavy atom. The van der Waals surface area contributed by atoms with Gasteiger partial charge < -0.3 is 4.74 Å². The molecule has 0 unspecified atom stereocenters. The average molecular weight is 278 g/mol. The average Bonchev–Trinajstić information content (AvgIpc) is 2.26. The van der Waals surface area contributed by atoms with Crippen LogP contribution < -0.4 is 0 Å². The molecule has 0 aromatic carbocycles. The van der Waals surface area contributed by atoms with Gasteiger partial charge in [0.1, 0.15) is 0 Å². The first-order valence-electron chi connectivity index (χ1n) is 6.79. The van der Waals surface area contributed by atoms with Gasteiger partial charge in [-0.2, -0.15) is 0 Å². The van der Waals surface area contributed by atoms with Crippen molar-refractivity contribution in [1.82, 2.24) is 9.97 Å². The zero-order chi connectivity index (χ0) is 14.5. The predicted octanol–water partition coefficient (Wildman–Crippen LogP) is 4.10. The maximum Gasteiger partial charge on any atom is 0.0850 e. The third-order valence-electron chi connectivity index (χ3n) is 2.75. The Morgan fingerprint density at radius 3 is 2.32 bits per heavy atom. The smallest absolute Gasteiger partial charge is 0.0850 e. The first kappa shape index (κ1) is 15.9. The Morgan fingerprint density at radius 1 is 1.16 bits per heavy atom. The van der Waals surface area contributed by atoms with Gasteiger partial charge in [-0.3, -0.25) is 9.97 Å². The highest BCUT2D eigenvalue weighted by Gasteiger charge is 2.15. The third kappa shape index (κ3) is 6.52. The van der Waals surface area contributed by atoms with Crippen LogP contribution in [0.4, 0.5) is 0 Å². The van der Waals surface area contributed by atoms with Crippen molar-refractivity contribution >= 4 is 14.1 Å². The van der Waals surface area contributed by atoms with Gasteiger partial charge in [-0.25, -0.2) is 0 Å². The van der Waals surface area contributed by atoms with Crippen LogP contribution in [0.1, 0.15) is 32.2 Å². The van der Waals surface area contributed by atoms with Crippen LogP contribution >= 0.6 is 0 Å². The van der Waals surface area contributed by atoms with E-state index in [1.54, 1.807) is 12.5 Å². The largest absolute Gasteiger partial charge is 0.501 e. The fourth-order valence-electron chi connectivity index (χ4n) is 1.36. The summed E-state index contributed by atoms with van der Waals surface area (Å²) in [5, 5.41) is 0. The number of aromatic nitrogens is 2. The Kier molecular flexibility index (Phi) is 5.29. The van der Waals surface area contributed by atoms with Crippen LogP contribution in [0.3, 0.4) is 0 Å². The van der Waals surface area contributed by atoms with E-state index in [-0.39, 0.29) is 5.41 Å². The van der Waals surface area contributed by atoms with E-state index in [0.717, 1.165) is 18.0 Å². The molecular weight excluding hydrogens is 252 g/mol. The van der Waals surface area contributed by atoms with E-state index in [9.17, 15) is 0 Å². The van der Waals surface area contributed by atoms with Gasteiger partial charge >= 0.3 is 0 Å². The van der Waals surface area contributed by atoms with Crippen LogP contribution in [0, 0.1) is 0 Å². The summed E-state index contributed by atoms with van der Waals surface area (Å²) >= 11 is 0. The molecule has 106 valence electrons. The van der Waals surface area contributed by atoms with Gasteiger partial charge in [0, 0.05) is 19.7 Å². The molecule has 0 fully saturated rings. The minimum Gasteiger partial charge on any atom is -0.501 e. The highest BCUT2D eigenvalue weighted by molar-refractivity contribution is 6.76. The molecule has 1 rings (SSSR count). The number of ether oxygens (including phenoxy) is 1. The van der Waals surface area contributed by atoms with Gasteiger partial charge in [0.2, 0.25) is 0 Å². The molecule has 0 atom stereocenters. The molecule has 0 saturated heterocycles. The SMILES string of the molecule is CC(C)(C)c1cnc(/C=C/OCC[Si](C)(C)C)cn1. The molecule has 0 aliphatic heterocycles. The van der Waals surface area contributed by atoms with Crippen molar-refractivity contribution in [3.8, 4) is 0 Å². The molecule has 0 aliphatic carbocycles. The highest BCUT2D eigenvalue weighted by Crippen LogP contribution is 2.18. The predicted molar refractivity (Wildman–Crippen MR) is 83.9 cm³/mol. The van der Waals surface area contributed by atoms with Gasteiger partial charge in [0.05, 0.1) is 30.5 Å². The monoisotopic (exact) mass is 278 g/mol. The zero-order valence-electron chi connectivity index (χ0n) is 13.0. The Labute approximate surface area is 118 Å². The second-order valence-corrected chi connectivity index (χ2v) is 12.7. The molecule has 3 nitrogen and oxygen atoms in total. The maximum absolute atomic E-state index is 5.50. The van der Waals surface area contributed by atoms with Crippen LogP contribution in [0.25, 0.3) is 6.08 Å². The third-order valence-corrected chi connectivity index (χ3v) is 4.45. The van der Waals surface area contributed by atoms with Crippen molar-refractivity contribution in [2.24, 2.45) is 0 Å². The quantitative estimate of drug-likeness (QED) is 0.462. The topological polar surface area (TPSA) is 35.0 Å². The number of hydrogen-bond acceptors (Lipinski definition) is 3. The number of nitrogens with zero attached hydrogens (tertiary/aromatic N) is 2. The zero-order valence-corrected chi connectivity index (χ0v) is 14.0. The van der Waals surface area contributed by atoms with Crippen molar-refractivity contribution in [3.05, 3.63) is 30.0 Å². The van der Waals surface area contributed by atoms with Crippen LogP contribution in [0.2, 0.25) is 25.7 Å². The molecule has 0 saturated carbocycles. The van der Waals surface area contributed by atoms with Gasteiger partial charge in [0.15, 0.2) is 0 Å². The van der Waals surface area contributed by atoms with E-state index in [1.807, 2.05) is 12.3 Å². The summed E-state index contributed by atoms with van der Waals surface area (Å²) in [6.07, 6.45) is 7.21. The summed E-state index contributed by atoms with van der Waals surface area (Å²) in [6.45, 7) is 14.2. The van der Waals surface area contributed by atoms with Crippen molar-refractivity contribution in [1.29, 1.82) is 0 Å². The lowest BCUT2D eigenvalue weighted by Crippen LogP contribution is -2.20. The molecule has 0 aliphatic rings. The fourth-order valence-corrected chi connectivity index (χ4v) is 2.09. The van der Waals surface area contributed by atoms with Gasteiger partial charge in [-0.05, 0) is 12.1 Å². The lowest BCUT2D eigenvalue weighted by atomic mass is 9.93. The molecule has 0 bridgehead atoms.